The van der Waals surface area contributed by atoms with Gasteiger partial charge in [-0.3, -0.25) is 14.4 Å². The Bertz CT molecular complexity index is 2410. The molecule has 0 aromatic heterocycles. The van der Waals surface area contributed by atoms with Crippen LogP contribution in [-0.2, 0) is 24.9 Å². The quantitative estimate of drug-likeness (QED) is 0.0348. The molecule has 0 radical (unpaired) electrons. The summed E-state index contributed by atoms with van der Waals surface area (Å²) in [4.78, 5) is 43.8. The van der Waals surface area contributed by atoms with E-state index in [1.165, 1.54) is 48.5 Å². The van der Waals surface area contributed by atoms with Crippen LogP contribution in [0, 0.1) is 0 Å². The largest absolute Gasteiger partial charge is 0.508 e. The number of phenols is 5. The van der Waals surface area contributed by atoms with Gasteiger partial charge < -0.3 is 35.0 Å². The standard InChI is InChI=1S/C45H42O10/c1-23(2)7-10-26-17-28(12-15-34(26)46)43(52)45(44(53)32-18-27(11-8-24(3)4)36(48)22-39(32)55-45)33-21-38(50)37(49)19-29(33)20-40-41(51)31-14-16-35(47)30(42(31)54-40)13-9-25(5)6/h7-9,12,14-22,46-50H,10-11,13H2,1-6H3/b40-20-/t45-/m0/s1. The van der Waals surface area contributed by atoms with E-state index in [-0.39, 0.29) is 81.6 Å². The Hall–Kier alpha value is -6.55. The normalized spacial score (nSPS) is 16.2. The van der Waals surface area contributed by atoms with Crippen molar-refractivity contribution in [3.63, 3.8) is 0 Å². The number of ketones is 3. The van der Waals surface area contributed by atoms with Crippen molar-refractivity contribution in [2.75, 3.05) is 0 Å². The highest BCUT2D eigenvalue weighted by molar-refractivity contribution is 6.26. The summed E-state index contributed by atoms with van der Waals surface area (Å²) in [5.74, 6) is -4.12. The van der Waals surface area contributed by atoms with Crippen molar-refractivity contribution in [1.29, 1.82) is 0 Å². The molecular formula is C45H42O10. The fraction of sp³-hybridized carbons (Fsp3) is 0.222. The Kier molecular flexibility index (Phi) is 10.2. The van der Waals surface area contributed by atoms with Crippen molar-refractivity contribution in [2.24, 2.45) is 0 Å². The minimum absolute atomic E-state index is 0.0157. The van der Waals surface area contributed by atoms with Crippen LogP contribution in [0.5, 0.6) is 40.2 Å². The number of hydrogen-bond acceptors (Lipinski definition) is 10. The number of allylic oxidation sites excluding steroid dienone is 7. The molecule has 0 amide bonds. The Morgan fingerprint density at radius 2 is 1.25 bits per heavy atom. The van der Waals surface area contributed by atoms with Crippen molar-refractivity contribution in [2.45, 2.75) is 66.4 Å². The van der Waals surface area contributed by atoms with E-state index < -0.39 is 34.4 Å². The van der Waals surface area contributed by atoms with Crippen molar-refractivity contribution < 1.29 is 49.4 Å². The zero-order valence-electron chi connectivity index (χ0n) is 31.4. The summed E-state index contributed by atoms with van der Waals surface area (Å²) in [5.41, 5.74) is 1.38. The van der Waals surface area contributed by atoms with Crippen LogP contribution in [0.15, 0.2) is 95.3 Å². The van der Waals surface area contributed by atoms with E-state index >= 15 is 4.79 Å². The lowest BCUT2D eigenvalue weighted by atomic mass is 9.78. The molecule has 0 unspecified atom stereocenters. The lowest BCUT2D eigenvalue weighted by Gasteiger charge is -2.28. The molecule has 0 spiro atoms. The van der Waals surface area contributed by atoms with Gasteiger partial charge in [-0.15, -0.1) is 0 Å². The summed E-state index contributed by atoms with van der Waals surface area (Å²) >= 11 is 0. The topological polar surface area (TPSA) is 171 Å². The van der Waals surface area contributed by atoms with Crippen LogP contribution in [0.4, 0.5) is 0 Å². The van der Waals surface area contributed by atoms with Gasteiger partial charge in [0.2, 0.25) is 17.3 Å². The molecule has 1 atom stereocenters. The Balaban J connectivity index is 1.57. The zero-order chi connectivity index (χ0) is 39.9. The molecule has 10 nitrogen and oxygen atoms in total. The first-order chi connectivity index (χ1) is 26.0. The van der Waals surface area contributed by atoms with Crippen LogP contribution in [0.2, 0.25) is 0 Å². The van der Waals surface area contributed by atoms with Crippen molar-refractivity contribution in [1.82, 2.24) is 0 Å². The minimum atomic E-state index is -2.56. The van der Waals surface area contributed by atoms with E-state index in [2.05, 4.69) is 0 Å². The molecule has 0 bridgehead atoms. The average molecular weight is 743 g/mol. The molecule has 0 aliphatic carbocycles. The molecule has 2 aliphatic rings. The van der Waals surface area contributed by atoms with Gasteiger partial charge in [-0.25, -0.2) is 0 Å². The third-order valence-corrected chi connectivity index (χ3v) is 9.57. The number of carbonyl (C=O) groups excluding carboxylic acids is 3. The van der Waals surface area contributed by atoms with Gasteiger partial charge in [-0.2, -0.15) is 0 Å². The summed E-state index contributed by atoms with van der Waals surface area (Å²) in [7, 11) is 0. The number of rotatable bonds is 10. The maximum Gasteiger partial charge on any atom is 0.259 e. The van der Waals surface area contributed by atoms with Crippen molar-refractivity contribution >= 4 is 23.4 Å². The second-order valence-corrected chi connectivity index (χ2v) is 14.5. The van der Waals surface area contributed by atoms with Crippen LogP contribution in [-0.4, -0.2) is 42.9 Å². The van der Waals surface area contributed by atoms with Gasteiger partial charge in [-0.05, 0) is 132 Å². The van der Waals surface area contributed by atoms with Crippen molar-refractivity contribution in [3.8, 4) is 40.2 Å². The van der Waals surface area contributed by atoms with Gasteiger partial charge >= 0.3 is 0 Å². The van der Waals surface area contributed by atoms with E-state index in [9.17, 15) is 35.1 Å². The van der Waals surface area contributed by atoms with E-state index in [1.807, 2.05) is 59.8 Å². The average Bonchev–Trinajstić information content (AvgIpc) is 3.59. The molecule has 282 valence electrons. The lowest BCUT2D eigenvalue weighted by molar-refractivity contribution is 0.0451. The van der Waals surface area contributed by atoms with Crippen molar-refractivity contribution in [3.05, 3.63) is 140 Å². The molecule has 55 heavy (non-hydrogen) atoms. The highest BCUT2D eigenvalue weighted by Crippen LogP contribution is 2.49. The summed E-state index contributed by atoms with van der Waals surface area (Å²) < 4.78 is 12.5. The highest BCUT2D eigenvalue weighted by atomic mass is 16.5. The molecule has 0 saturated carbocycles. The molecular weight excluding hydrogens is 700 g/mol. The molecule has 0 saturated heterocycles. The number of ether oxygens (including phenoxy) is 2. The number of fused-ring (bicyclic) bond motifs is 2. The molecule has 4 aromatic rings. The predicted octanol–water partition coefficient (Wildman–Crippen LogP) is 8.71. The Morgan fingerprint density at radius 3 is 1.91 bits per heavy atom. The molecule has 10 heteroatoms. The number of phenolic OH excluding ortho intramolecular Hbond substituents is 5. The molecule has 6 rings (SSSR count). The Labute approximate surface area is 318 Å². The molecule has 4 aromatic carbocycles. The second-order valence-electron chi connectivity index (χ2n) is 14.5. The summed E-state index contributed by atoms with van der Waals surface area (Å²) in [6.07, 6.45) is 7.68. The minimum Gasteiger partial charge on any atom is -0.508 e. The fourth-order valence-electron chi connectivity index (χ4n) is 6.57. The van der Waals surface area contributed by atoms with Crippen LogP contribution in [0.25, 0.3) is 6.08 Å². The summed E-state index contributed by atoms with van der Waals surface area (Å²) in [6.45, 7) is 11.4. The van der Waals surface area contributed by atoms with E-state index in [0.29, 0.717) is 16.7 Å². The number of hydrogen-bond donors (Lipinski definition) is 5. The Morgan fingerprint density at radius 1 is 0.655 bits per heavy atom. The van der Waals surface area contributed by atoms with E-state index in [0.717, 1.165) is 28.9 Å². The second kappa shape index (κ2) is 14.7. The predicted molar refractivity (Wildman–Crippen MR) is 207 cm³/mol. The molecule has 2 aliphatic heterocycles. The smallest absolute Gasteiger partial charge is 0.259 e. The first kappa shape index (κ1) is 38.2. The van der Waals surface area contributed by atoms with Gasteiger partial charge in [0.15, 0.2) is 17.3 Å². The monoisotopic (exact) mass is 742 g/mol. The first-order valence-electron chi connectivity index (χ1n) is 17.7. The number of carbonyl (C=O) groups is 3. The highest BCUT2D eigenvalue weighted by Gasteiger charge is 2.57. The van der Waals surface area contributed by atoms with E-state index in [4.69, 9.17) is 9.47 Å². The zero-order valence-corrected chi connectivity index (χ0v) is 31.4. The van der Waals surface area contributed by atoms with Crippen LogP contribution >= 0.6 is 0 Å². The fourth-order valence-corrected chi connectivity index (χ4v) is 6.57. The van der Waals surface area contributed by atoms with Gasteiger partial charge in [0, 0.05) is 22.8 Å². The number of Topliss-reactive ketones (excluding diaryl/α,β-unsaturated/α-hetero) is 3. The third kappa shape index (κ3) is 7.11. The first-order valence-corrected chi connectivity index (χ1v) is 17.7. The maximum absolute atomic E-state index is 15.1. The van der Waals surface area contributed by atoms with Gasteiger partial charge in [0.05, 0.1) is 11.1 Å². The van der Waals surface area contributed by atoms with Crippen LogP contribution < -0.4 is 9.47 Å². The molecule has 2 heterocycles. The maximum atomic E-state index is 15.1. The summed E-state index contributed by atoms with van der Waals surface area (Å²) in [5, 5.41) is 54.1. The number of benzene rings is 4. The SMILES string of the molecule is CC(C)=CCc1cc(C(=O)[C@]2(c3cc(O)c(O)cc3/C=C3\Oc4c(ccc(O)c4CC=C(C)C)C3=O)Oc3cc(O)c(CC=C(C)C)cc3C2=O)ccc1O. The lowest BCUT2D eigenvalue weighted by Crippen LogP contribution is -2.46. The van der Waals surface area contributed by atoms with Gasteiger partial charge in [-0.1, -0.05) is 34.9 Å². The third-order valence-electron chi connectivity index (χ3n) is 9.57. The van der Waals surface area contributed by atoms with Crippen LogP contribution in [0.1, 0.15) is 100 Å². The van der Waals surface area contributed by atoms with Crippen LogP contribution in [0.3, 0.4) is 0 Å². The van der Waals surface area contributed by atoms with Gasteiger partial charge in [0.25, 0.3) is 5.60 Å². The number of aromatic hydroxyl groups is 5. The van der Waals surface area contributed by atoms with E-state index in [1.54, 1.807) is 0 Å². The molecule has 0 fully saturated rings. The summed E-state index contributed by atoms with van der Waals surface area (Å²) in [6, 6.07) is 11.8. The molecule has 5 N–H and O–H groups in total. The van der Waals surface area contributed by atoms with Gasteiger partial charge in [0.1, 0.15) is 28.7 Å².